The monoisotopic (exact) mass is 381 g/mol. The van der Waals surface area contributed by atoms with Crippen LogP contribution in [0.15, 0.2) is 21.1 Å². The molecule has 18 heavy (non-hydrogen) atoms. The molecule has 102 valence electrons. The summed E-state index contributed by atoms with van der Waals surface area (Å²) < 4.78 is 7.43. The number of aliphatic hydroxyl groups is 2. The first kappa shape index (κ1) is 15.9. The van der Waals surface area contributed by atoms with Gasteiger partial charge in [-0.25, -0.2) is 0 Å². The minimum Gasteiger partial charge on any atom is -0.492 e. The van der Waals surface area contributed by atoms with Crippen molar-refractivity contribution in [1.29, 1.82) is 0 Å². The van der Waals surface area contributed by atoms with Crippen LogP contribution in [0.5, 0.6) is 5.75 Å². The molecule has 0 saturated heterocycles. The van der Waals surface area contributed by atoms with Crippen LogP contribution in [0.25, 0.3) is 0 Å². The first-order valence-electron chi connectivity index (χ1n) is 5.68. The Morgan fingerprint density at radius 2 is 2.11 bits per heavy atom. The molecule has 0 saturated carbocycles. The maximum atomic E-state index is 9.26. The largest absolute Gasteiger partial charge is 0.492 e. The molecule has 1 aromatic carbocycles. The smallest absolute Gasteiger partial charge is 0.138 e. The Bertz CT molecular complexity index is 388. The second-order valence-electron chi connectivity index (χ2n) is 3.78. The minimum absolute atomic E-state index is 0.243. The summed E-state index contributed by atoms with van der Waals surface area (Å²) >= 11 is 6.89. The summed E-state index contributed by atoms with van der Waals surface area (Å²) in [4.78, 5) is 0. The third kappa shape index (κ3) is 4.85. The predicted molar refractivity (Wildman–Crippen MR) is 77.8 cm³/mol. The summed E-state index contributed by atoms with van der Waals surface area (Å²) in [7, 11) is 0. The van der Waals surface area contributed by atoms with Crippen molar-refractivity contribution in [2.24, 2.45) is 0 Å². The molecule has 0 bridgehead atoms. The van der Waals surface area contributed by atoms with E-state index in [1.54, 1.807) is 0 Å². The Hall–Kier alpha value is -0.140. The zero-order valence-corrected chi connectivity index (χ0v) is 13.3. The van der Waals surface area contributed by atoms with Crippen LogP contribution in [0.2, 0.25) is 0 Å². The second-order valence-corrected chi connectivity index (χ2v) is 5.55. The van der Waals surface area contributed by atoms with Crippen molar-refractivity contribution in [3.63, 3.8) is 0 Å². The molecule has 1 aromatic rings. The van der Waals surface area contributed by atoms with Crippen molar-refractivity contribution in [1.82, 2.24) is 5.32 Å². The third-order valence-corrected chi connectivity index (χ3v) is 3.33. The molecule has 0 fully saturated rings. The minimum atomic E-state index is -0.740. The van der Waals surface area contributed by atoms with E-state index in [1.807, 2.05) is 19.1 Å². The number of aliphatic hydroxyl groups excluding tert-OH is 2. The molecule has 0 radical (unpaired) electrons. The Labute approximate surface area is 124 Å². The first-order chi connectivity index (χ1) is 8.58. The maximum Gasteiger partial charge on any atom is 0.138 e. The van der Waals surface area contributed by atoms with Crippen molar-refractivity contribution in [3.8, 4) is 5.75 Å². The van der Waals surface area contributed by atoms with E-state index in [4.69, 9.17) is 9.84 Å². The molecule has 0 spiro atoms. The van der Waals surface area contributed by atoms with Crippen molar-refractivity contribution < 1.29 is 14.9 Å². The Kier molecular flexibility index (Phi) is 7.18. The topological polar surface area (TPSA) is 61.7 Å². The van der Waals surface area contributed by atoms with Crippen molar-refractivity contribution >= 4 is 31.9 Å². The number of nitrogens with one attached hydrogen (secondary N) is 1. The van der Waals surface area contributed by atoms with Gasteiger partial charge in [0.1, 0.15) is 5.75 Å². The number of halogens is 2. The standard InChI is InChI=1S/C12H17Br2NO3/c1-2-18-12-8(3-9(13)4-11(12)14)5-15-6-10(17)7-16/h3-4,10,15-17H,2,5-7H2,1H3. The van der Waals surface area contributed by atoms with Crippen molar-refractivity contribution in [3.05, 3.63) is 26.6 Å². The van der Waals surface area contributed by atoms with Gasteiger partial charge in [0.05, 0.1) is 23.8 Å². The molecule has 1 rings (SSSR count). The lowest BCUT2D eigenvalue weighted by Gasteiger charge is -2.14. The molecular formula is C12H17Br2NO3. The molecule has 0 heterocycles. The van der Waals surface area contributed by atoms with Gasteiger partial charge in [0.15, 0.2) is 0 Å². The van der Waals surface area contributed by atoms with Crippen LogP contribution in [0.4, 0.5) is 0 Å². The number of hydrogen-bond acceptors (Lipinski definition) is 4. The van der Waals surface area contributed by atoms with E-state index in [1.165, 1.54) is 0 Å². The fourth-order valence-electron chi connectivity index (χ4n) is 1.49. The highest BCUT2D eigenvalue weighted by molar-refractivity contribution is 9.11. The third-order valence-electron chi connectivity index (χ3n) is 2.28. The van der Waals surface area contributed by atoms with Crippen molar-refractivity contribution in [2.75, 3.05) is 19.8 Å². The summed E-state index contributed by atoms with van der Waals surface area (Å²) in [6, 6.07) is 3.89. The number of hydrogen-bond donors (Lipinski definition) is 3. The molecule has 3 N–H and O–H groups in total. The average Bonchev–Trinajstić information content (AvgIpc) is 2.33. The van der Waals surface area contributed by atoms with Crippen LogP contribution in [0.1, 0.15) is 12.5 Å². The highest BCUT2D eigenvalue weighted by Crippen LogP contribution is 2.32. The first-order valence-corrected chi connectivity index (χ1v) is 7.27. The molecule has 0 aliphatic heterocycles. The van der Waals surface area contributed by atoms with Gasteiger partial charge in [0, 0.05) is 23.1 Å². The normalized spacial score (nSPS) is 12.5. The van der Waals surface area contributed by atoms with Crippen molar-refractivity contribution in [2.45, 2.75) is 19.6 Å². The SMILES string of the molecule is CCOc1c(Br)cc(Br)cc1CNCC(O)CO. The van der Waals surface area contributed by atoms with E-state index in [-0.39, 0.29) is 6.61 Å². The van der Waals surface area contributed by atoms with Crippen LogP contribution >= 0.6 is 31.9 Å². The lowest BCUT2D eigenvalue weighted by atomic mass is 10.2. The highest BCUT2D eigenvalue weighted by Gasteiger charge is 2.10. The molecule has 6 heteroatoms. The summed E-state index contributed by atoms with van der Waals surface area (Å²) in [6.07, 6.45) is -0.740. The fourth-order valence-corrected chi connectivity index (χ4v) is 2.92. The molecule has 0 amide bonds. The molecule has 0 aromatic heterocycles. The average molecular weight is 383 g/mol. The predicted octanol–water partition coefficient (Wildman–Crippen LogP) is 2.05. The molecule has 0 aliphatic carbocycles. The lowest BCUT2D eigenvalue weighted by Crippen LogP contribution is -2.29. The summed E-state index contributed by atoms with van der Waals surface area (Å²) in [6.45, 7) is 3.18. The van der Waals surface area contributed by atoms with E-state index in [9.17, 15) is 5.11 Å². The van der Waals surface area contributed by atoms with Crippen LogP contribution in [0.3, 0.4) is 0 Å². The molecule has 1 unspecified atom stereocenters. The highest BCUT2D eigenvalue weighted by atomic mass is 79.9. The fraction of sp³-hybridized carbons (Fsp3) is 0.500. The summed E-state index contributed by atoms with van der Waals surface area (Å²) in [5.41, 5.74) is 0.989. The second kappa shape index (κ2) is 8.12. The van der Waals surface area contributed by atoms with E-state index < -0.39 is 6.10 Å². The molecule has 0 aliphatic rings. The number of benzene rings is 1. The van der Waals surface area contributed by atoms with Crippen LogP contribution in [-0.4, -0.2) is 36.1 Å². The molecule has 4 nitrogen and oxygen atoms in total. The van der Waals surface area contributed by atoms with Gasteiger partial charge in [-0.2, -0.15) is 0 Å². The van der Waals surface area contributed by atoms with Gasteiger partial charge in [-0.3, -0.25) is 0 Å². The van der Waals surface area contributed by atoms with Gasteiger partial charge >= 0.3 is 0 Å². The summed E-state index contributed by atoms with van der Waals surface area (Å²) in [5, 5.41) is 21.1. The van der Waals surface area contributed by atoms with Gasteiger partial charge in [0.25, 0.3) is 0 Å². The van der Waals surface area contributed by atoms with Crippen LogP contribution in [0, 0.1) is 0 Å². The zero-order chi connectivity index (χ0) is 13.5. The number of rotatable bonds is 7. The van der Waals surface area contributed by atoms with Crippen LogP contribution < -0.4 is 10.1 Å². The quantitative estimate of drug-likeness (QED) is 0.675. The zero-order valence-electron chi connectivity index (χ0n) is 10.1. The van der Waals surface area contributed by atoms with Gasteiger partial charge in [0.2, 0.25) is 0 Å². The van der Waals surface area contributed by atoms with E-state index in [0.717, 1.165) is 20.3 Å². The Balaban J connectivity index is 2.73. The van der Waals surface area contributed by atoms with Crippen LogP contribution in [-0.2, 0) is 6.54 Å². The van der Waals surface area contributed by atoms with Gasteiger partial charge in [-0.1, -0.05) is 15.9 Å². The number of ether oxygens (including phenoxy) is 1. The van der Waals surface area contributed by atoms with E-state index in [0.29, 0.717) is 19.7 Å². The lowest BCUT2D eigenvalue weighted by molar-refractivity contribution is 0.0941. The Morgan fingerprint density at radius 1 is 1.39 bits per heavy atom. The summed E-state index contributed by atoms with van der Waals surface area (Å²) in [5.74, 6) is 0.798. The van der Waals surface area contributed by atoms with Gasteiger partial charge in [-0.15, -0.1) is 0 Å². The molecule has 1 atom stereocenters. The maximum absolute atomic E-state index is 9.26. The van der Waals surface area contributed by atoms with E-state index in [2.05, 4.69) is 37.2 Å². The van der Waals surface area contributed by atoms with Gasteiger partial charge in [-0.05, 0) is 35.0 Å². The molecular weight excluding hydrogens is 366 g/mol. The van der Waals surface area contributed by atoms with E-state index >= 15 is 0 Å². The van der Waals surface area contributed by atoms with Gasteiger partial charge < -0.3 is 20.3 Å². The Morgan fingerprint density at radius 3 is 2.72 bits per heavy atom.